The molecule has 0 atom stereocenters. The molecule has 5 heteroatoms. The Morgan fingerprint density at radius 2 is 2.05 bits per heavy atom. The van der Waals surface area contributed by atoms with E-state index in [0.29, 0.717) is 17.5 Å². The summed E-state index contributed by atoms with van der Waals surface area (Å²) >= 11 is 1.55. The van der Waals surface area contributed by atoms with E-state index < -0.39 is 0 Å². The zero-order valence-electron chi connectivity index (χ0n) is 11.7. The van der Waals surface area contributed by atoms with Crippen LogP contribution in [0.15, 0.2) is 0 Å². The molecule has 0 aromatic carbocycles. The van der Waals surface area contributed by atoms with Crippen LogP contribution >= 0.6 is 11.3 Å². The Labute approximate surface area is 119 Å². The van der Waals surface area contributed by atoms with Crippen molar-refractivity contribution in [1.82, 2.24) is 10.2 Å². The Morgan fingerprint density at radius 3 is 2.79 bits per heavy atom. The second-order valence-electron chi connectivity index (χ2n) is 5.29. The van der Waals surface area contributed by atoms with Gasteiger partial charge in [0.15, 0.2) is 0 Å². The first-order chi connectivity index (χ1) is 9.29. The number of amides is 1. The summed E-state index contributed by atoms with van der Waals surface area (Å²) < 4.78 is 0. The molecule has 1 heterocycles. The molecule has 0 spiro atoms. The van der Waals surface area contributed by atoms with Crippen LogP contribution in [-0.2, 0) is 4.79 Å². The zero-order chi connectivity index (χ0) is 13.5. The molecule has 19 heavy (non-hydrogen) atoms. The van der Waals surface area contributed by atoms with Crippen LogP contribution in [0.3, 0.4) is 0 Å². The van der Waals surface area contributed by atoms with Gasteiger partial charge in [-0.1, -0.05) is 50.4 Å². The van der Waals surface area contributed by atoms with Gasteiger partial charge in [0.1, 0.15) is 5.01 Å². The molecule has 2 rings (SSSR count). The topological polar surface area (TPSA) is 54.9 Å². The fourth-order valence-corrected chi connectivity index (χ4v) is 3.45. The van der Waals surface area contributed by atoms with Crippen LogP contribution in [0.4, 0.5) is 5.13 Å². The van der Waals surface area contributed by atoms with Gasteiger partial charge in [0.2, 0.25) is 11.0 Å². The van der Waals surface area contributed by atoms with Crippen molar-refractivity contribution in [2.45, 2.75) is 70.6 Å². The summed E-state index contributed by atoms with van der Waals surface area (Å²) in [5.41, 5.74) is 0. The van der Waals surface area contributed by atoms with E-state index in [4.69, 9.17) is 0 Å². The highest BCUT2D eigenvalue weighted by molar-refractivity contribution is 7.15. The molecule has 0 radical (unpaired) electrons. The molecule has 0 bridgehead atoms. The summed E-state index contributed by atoms with van der Waals surface area (Å²) in [6.45, 7) is 2.14. The van der Waals surface area contributed by atoms with Gasteiger partial charge >= 0.3 is 0 Å². The van der Waals surface area contributed by atoms with Gasteiger partial charge in [-0.3, -0.25) is 4.79 Å². The average Bonchev–Trinajstić information content (AvgIpc) is 2.88. The molecule has 0 saturated heterocycles. The molecule has 0 aliphatic heterocycles. The summed E-state index contributed by atoms with van der Waals surface area (Å²) in [4.78, 5) is 11.7. The smallest absolute Gasteiger partial charge is 0.226 e. The maximum Gasteiger partial charge on any atom is 0.226 e. The van der Waals surface area contributed by atoms with Crippen molar-refractivity contribution in [3.8, 4) is 0 Å². The minimum atomic E-state index is 0.0693. The molecule has 1 saturated carbocycles. The second kappa shape index (κ2) is 7.58. The van der Waals surface area contributed by atoms with Crippen LogP contribution in [0.5, 0.6) is 0 Å². The van der Waals surface area contributed by atoms with Crippen LogP contribution in [0.1, 0.15) is 75.6 Å². The van der Waals surface area contributed by atoms with E-state index in [9.17, 15) is 4.79 Å². The number of nitrogens with one attached hydrogen (secondary N) is 1. The summed E-state index contributed by atoms with van der Waals surface area (Å²) in [5.74, 6) is 0.636. The standard InChI is InChI=1S/C14H23N3OS/c1-2-3-5-10-12(18)15-14-17-16-13(19-14)11-8-6-4-7-9-11/h11H,2-10H2,1H3,(H,15,17,18). The maximum atomic E-state index is 11.7. The number of carbonyl (C=O) groups excluding carboxylic acids is 1. The van der Waals surface area contributed by atoms with E-state index in [0.717, 1.165) is 24.3 Å². The molecular formula is C14H23N3OS. The summed E-state index contributed by atoms with van der Waals surface area (Å²) in [6, 6.07) is 0. The monoisotopic (exact) mass is 281 g/mol. The second-order valence-corrected chi connectivity index (χ2v) is 6.29. The first-order valence-corrected chi connectivity index (χ1v) is 8.24. The van der Waals surface area contributed by atoms with E-state index in [2.05, 4.69) is 22.4 Å². The van der Waals surface area contributed by atoms with E-state index >= 15 is 0 Å². The Kier molecular flexibility index (Phi) is 5.76. The van der Waals surface area contributed by atoms with Gasteiger partial charge in [-0.25, -0.2) is 0 Å². The van der Waals surface area contributed by atoms with Crippen LogP contribution in [0.25, 0.3) is 0 Å². The number of rotatable bonds is 6. The van der Waals surface area contributed by atoms with Gasteiger partial charge in [0, 0.05) is 12.3 Å². The summed E-state index contributed by atoms with van der Waals surface area (Å²) in [6.07, 6.45) is 10.2. The predicted octanol–water partition coefficient (Wildman–Crippen LogP) is 4.10. The van der Waals surface area contributed by atoms with E-state index in [1.807, 2.05) is 0 Å². The number of unbranched alkanes of at least 4 members (excludes halogenated alkanes) is 2. The van der Waals surface area contributed by atoms with Gasteiger partial charge in [0.05, 0.1) is 0 Å². The quantitative estimate of drug-likeness (QED) is 0.798. The van der Waals surface area contributed by atoms with Crippen LogP contribution in [0.2, 0.25) is 0 Å². The molecule has 1 aliphatic carbocycles. The number of anilines is 1. The van der Waals surface area contributed by atoms with Crippen molar-refractivity contribution in [1.29, 1.82) is 0 Å². The lowest BCUT2D eigenvalue weighted by atomic mass is 9.90. The van der Waals surface area contributed by atoms with Gasteiger partial charge in [0.25, 0.3) is 0 Å². The third kappa shape index (κ3) is 4.56. The number of hydrogen-bond donors (Lipinski definition) is 1. The molecule has 1 fully saturated rings. The van der Waals surface area contributed by atoms with Gasteiger partial charge < -0.3 is 5.32 Å². The lowest BCUT2D eigenvalue weighted by Crippen LogP contribution is -2.10. The fourth-order valence-electron chi connectivity index (χ4n) is 2.52. The predicted molar refractivity (Wildman–Crippen MR) is 78.5 cm³/mol. The highest BCUT2D eigenvalue weighted by Crippen LogP contribution is 2.35. The molecule has 1 aromatic rings. The number of nitrogens with zero attached hydrogens (tertiary/aromatic N) is 2. The van der Waals surface area contributed by atoms with Crippen molar-refractivity contribution in [3.63, 3.8) is 0 Å². The highest BCUT2D eigenvalue weighted by atomic mass is 32.1. The molecule has 4 nitrogen and oxygen atoms in total. The van der Waals surface area contributed by atoms with Crippen molar-refractivity contribution in [3.05, 3.63) is 5.01 Å². The lowest BCUT2D eigenvalue weighted by Gasteiger charge is -2.18. The van der Waals surface area contributed by atoms with Gasteiger partial charge in [-0.2, -0.15) is 0 Å². The van der Waals surface area contributed by atoms with E-state index in [-0.39, 0.29) is 5.91 Å². The van der Waals surface area contributed by atoms with E-state index in [1.165, 1.54) is 32.1 Å². The number of hydrogen-bond acceptors (Lipinski definition) is 4. The van der Waals surface area contributed by atoms with Crippen LogP contribution < -0.4 is 5.32 Å². The zero-order valence-corrected chi connectivity index (χ0v) is 12.5. The Balaban J connectivity index is 1.81. The molecule has 1 N–H and O–H groups in total. The molecule has 1 amide bonds. The summed E-state index contributed by atoms with van der Waals surface area (Å²) in [5, 5.41) is 13.0. The normalized spacial score (nSPS) is 16.5. The molecular weight excluding hydrogens is 258 g/mol. The lowest BCUT2D eigenvalue weighted by molar-refractivity contribution is -0.116. The maximum absolute atomic E-state index is 11.7. The largest absolute Gasteiger partial charge is 0.301 e. The highest BCUT2D eigenvalue weighted by Gasteiger charge is 2.20. The number of carbonyl (C=O) groups is 1. The minimum Gasteiger partial charge on any atom is -0.301 e. The minimum absolute atomic E-state index is 0.0693. The van der Waals surface area contributed by atoms with Gasteiger partial charge in [-0.05, 0) is 19.3 Å². The van der Waals surface area contributed by atoms with Crippen LogP contribution in [0, 0.1) is 0 Å². The molecule has 1 aliphatic rings. The Hall–Kier alpha value is -0.970. The summed E-state index contributed by atoms with van der Waals surface area (Å²) in [7, 11) is 0. The average molecular weight is 281 g/mol. The van der Waals surface area contributed by atoms with E-state index in [1.54, 1.807) is 11.3 Å². The van der Waals surface area contributed by atoms with Crippen molar-refractivity contribution < 1.29 is 4.79 Å². The SMILES string of the molecule is CCCCCC(=O)Nc1nnc(C2CCCCC2)s1. The Morgan fingerprint density at radius 1 is 1.26 bits per heavy atom. The van der Waals surface area contributed by atoms with Gasteiger partial charge in [-0.15, -0.1) is 10.2 Å². The van der Waals surface area contributed by atoms with Crippen molar-refractivity contribution in [2.75, 3.05) is 5.32 Å². The first kappa shape index (κ1) is 14.4. The molecule has 0 unspecified atom stereocenters. The van der Waals surface area contributed by atoms with Crippen molar-refractivity contribution in [2.24, 2.45) is 0 Å². The van der Waals surface area contributed by atoms with Crippen LogP contribution in [-0.4, -0.2) is 16.1 Å². The van der Waals surface area contributed by atoms with Crippen molar-refractivity contribution >= 4 is 22.4 Å². The Bertz CT molecular complexity index is 399. The molecule has 106 valence electrons. The number of aromatic nitrogens is 2. The third-order valence-electron chi connectivity index (χ3n) is 3.65. The molecule has 1 aromatic heterocycles. The first-order valence-electron chi connectivity index (χ1n) is 7.43. The fraction of sp³-hybridized carbons (Fsp3) is 0.786. The third-order valence-corrected chi connectivity index (χ3v) is 4.65.